The van der Waals surface area contributed by atoms with E-state index in [2.05, 4.69) is 13.0 Å². The van der Waals surface area contributed by atoms with Gasteiger partial charge in [0.15, 0.2) is 6.29 Å². The van der Waals surface area contributed by atoms with Gasteiger partial charge in [0.1, 0.15) is 12.4 Å². The van der Waals surface area contributed by atoms with Crippen LogP contribution >= 0.6 is 0 Å². The van der Waals surface area contributed by atoms with E-state index in [1.165, 1.54) is 12.0 Å². The maximum absolute atomic E-state index is 5.60. The normalized spacial score (nSPS) is 20.2. The van der Waals surface area contributed by atoms with Crippen molar-refractivity contribution < 1.29 is 14.2 Å². The second kappa shape index (κ2) is 6.62. The Labute approximate surface area is 103 Å². The first-order valence-electron chi connectivity index (χ1n) is 6.27. The van der Waals surface area contributed by atoms with Crippen molar-refractivity contribution in [2.24, 2.45) is 0 Å². The van der Waals surface area contributed by atoms with Crippen molar-refractivity contribution in [1.82, 2.24) is 0 Å². The zero-order valence-electron chi connectivity index (χ0n) is 10.4. The van der Waals surface area contributed by atoms with Crippen LogP contribution in [-0.2, 0) is 9.47 Å². The molecule has 0 N–H and O–H groups in total. The second-order valence-corrected chi connectivity index (χ2v) is 4.33. The van der Waals surface area contributed by atoms with Gasteiger partial charge >= 0.3 is 0 Å². The highest BCUT2D eigenvalue weighted by Crippen LogP contribution is 2.14. The molecule has 1 heterocycles. The van der Waals surface area contributed by atoms with Crippen LogP contribution in [0.15, 0.2) is 24.3 Å². The van der Waals surface area contributed by atoms with E-state index in [1.54, 1.807) is 0 Å². The maximum Gasteiger partial charge on any atom is 0.157 e. The summed E-state index contributed by atoms with van der Waals surface area (Å²) in [6.45, 7) is 4.03. The molecule has 0 amide bonds. The Balaban J connectivity index is 1.62. The molecule has 1 aliphatic heterocycles. The highest BCUT2D eigenvalue weighted by Gasteiger charge is 2.13. The summed E-state index contributed by atoms with van der Waals surface area (Å²) >= 11 is 0. The van der Waals surface area contributed by atoms with Crippen molar-refractivity contribution in [1.29, 1.82) is 0 Å². The van der Waals surface area contributed by atoms with Crippen molar-refractivity contribution in [2.75, 3.05) is 19.8 Å². The van der Waals surface area contributed by atoms with Gasteiger partial charge in [-0.15, -0.1) is 0 Å². The van der Waals surface area contributed by atoms with E-state index in [0.29, 0.717) is 13.2 Å². The van der Waals surface area contributed by atoms with Crippen LogP contribution in [0.1, 0.15) is 24.8 Å². The molecule has 3 heteroatoms. The van der Waals surface area contributed by atoms with Crippen LogP contribution in [0.25, 0.3) is 0 Å². The molecule has 1 fully saturated rings. The van der Waals surface area contributed by atoms with E-state index >= 15 is 0 Å². The smallest absolute Gasteiger partial charge is 0.157 e. The van der Waals surface area contributed by atoms with Gasteiger partial charge in [-0.1, -0.05) is 12.1 Å². The molecule has 0 spiro atoms. The standard InChI is InChI=1S/C14H20O3/c1-12-5-4-6-13(11-12)15-9-10-17-14-7-2-3-8-16-14/h4-6,11,14H,2-3,7-10H2,1H3. The van der Waals surface area contributed by atoms with Crippen LogP contribution in [0.3, 0.4) is 0 Å². The predicted octanol–water partition coefficient (Wildman–Crippen LogP) is 2.92. The SMILES string of the molecule is Cc1cccc(OCCOC2CCCCO2)c1. The average Bonchev–Trinajstić information content (AvgIpc) is 2.36. The summed E-state index contributed by atoms with van der Waals surface area (Å²) in [5.74, 6) is 0.901. The quantitative estimate of drug-likeness (QED) is 0.736. The number of rotatable bonds is 5. The van der Waals surface area contributed by atoms with Crippen molar-refractivity contribution in [3.63, 3.8) is 0 Å². The predicted molar refractivity (Wildman–Crippen MR) is 66.2 cm³/mol. The van der Waals surface area contributed by atoms with Gasteiger partial charge < -0.3 is 14.2 Å². The Morgan fingerprint density at radius 1 is 1.29 bits per heavy atom. The third kappa shape index (κ3) is 4.36. The van der Waals surface area contributed by atoms with Crippen LogP contribution in [0.2, 0.25) is 0 Å². The lowest BCUT2D eigenvalue weighted by molar-refractivity contribution is -0.165. The monoisotopic (exact) mass is 236 g/mol. The van der Waals surface area contributed by atoms with Gasteiger partial charge in [-0.25, -0.2) is 0 Å². The summed E-state index contributed by atoms with van der Waals surface area (Å²) < 4.78 is 16.7. The summed E-state index contributed by atoms with van der Waals surface area (Å²) in [6.07, 6.45) is 3.33. The average molecular weight is 236 g/mol. The molecule has 0 aliphatic carbocycles. The van der Waals surface area contributed by atoms with Crippen molar-refractivity contribution in [2.45, 2.75) is 32.5 Å². The Morgan fingerprint density at radius 3 is 3.00 bits per heavy atom. The maximum atomic E-state index is 5.60. The lowest BCUT2D eigenvalue weighted by Gasteiger charge is -2.22. The summed E-state index contributed by atoms with van der Waals surface area (Å²) in [5, 5.41) is 0. The molecule has 2 rings (SSSR count). The minimum atomic E-state index is -0.0233. The van der Waals surface area contributed by atoms with Gasteiger partial charge in [-0.05, 0) is 43.9 Å². The highest BCUT2D eigenvalue weighted by atomic mass is 16.7. The van der Waals surface area contributed by atoms with E-state index in [-0.39, 0.29) is 6.29 Å². The van der Waals surface area contributed by atoms with E-state index in [1.807, 2.05) is 18.2 Å². The fraction of sp³-hybridized carbons (Fsp3) is 0.571. The summed E-state index contributed by atoms with van der Waals surface area (Å²) in [7, 11) is 0. The first-order chi connectivity index (χ1) is 8.34. The zero-order chi connectivity index (χ0) is 11.9. The lowest BCUT2D eigenvalue weighted by atomic mass is 10.2. The fourth-order valence-electron chi connectivity index (χ4n) is 1.89. The number of hydrogen-bond acceptors (Lipinski definition) is 3. The van der Waals surface area contributed by atoms with Gasteiger partial charge in [0.25, 0.3) is 0 Å². The molecular formula is C14H20O3. The first kappa shape index (κ1) is 12.4. The van der Waals surface area contributed by atoms with E-state index in [4.69, 9.17) is 14.2 Å². The Morgan fingerprint density at radius 2 is 2.24 bits per heavy atom. The molecule has 17 heavy (non-hydrogen) atoms. The number of ether oxygens (including phenoxy) is 3. The number of benzene rings is 1. The van der Waals surface area contributed by atoms with Crippen molar-refractivity contribution in [3.05, 3.63) is 29.8 Å². The summed E-state index contributed by atoms with van der Waals surface area (Å²) in [5.41, 5.74) is 1.21. The van der Waals surface area contributed by atoms with Gasteiger partial charge in [0.2, 0.25) is 0 Å². The molecule has 0 aromatic heterocycles. The third-order valence-corrected chi connectivity index (χ3v) is 2.78. The van der Waals surface area contributed by atoms with Gasteiger partial charge in [0.05, 0.1) is 6.61 Å². The summed E-state index contributed by atoms with van der Waals surface area (Å²) in [6, 6.07) is 8.04. The van der Waals surface area contributed by atoms with E-state index in [0.717, 1.165) is 25.2 Å². The number of aryl methyl sites for hydroxylation is 1. The molecule has 0 saturated carbocycles. The van der Waals surface area contributed by atoms with Crippen LogP contribution in [0.4, 0.5) is 0 Å². The van der Waals surface area contributed by atoms with Crippen LogP contribution in [0.5, 0.6) is 5.75 Å². The second-order valence-electron chi connectivity index (χ2n) is 4.33. The molecule has 94 valence electrons. The molecular weight excluding hydrogens is 216 g/mol. The van der Waals surface area contributed by atoms with E-state index in [9.17, 15) is 0 Å². The van der Waals surface area contributed by atoms with Crippen molar-refractivity contribution >= 4 is 0 Å². The third-order valence-electron chi connectivity index (χ3n) is 2.78. The van der Waals surface area contributed by atoms with Crippen molar-refractivity contribution in [3.8, 4) is 5.75 Å². The fourth-order valence-corrected chi connectivity index (χ4v) is 1.89. The largest absolute Gasteiger partial charge is 0.491 e. The van der Waals surface area contributed by atoms with E-state index < -0.39 is 0 Å². The summed E-state index contributed by atoms with van der Waals surface area (Å²) in [4.78, 5) is 0. The first-order valence-corrected chi connectivity index (χ1v) is 6.27. The Hall–Kier alpha value is -1.06. The Kier molecular flexibility index (Phi) is 4.83. The molecule has 1 aromatic carbocycles. The molecule has 1 unspecified atom stereocenters. The lowest BCUT2D eigenvalue weighted by Crippen LogP contribution is -2.24. The van der Waals surface area contributed by atoms with Gasteiger partial charge in [0, 0.05) is 6.61 Å². The van der Waals surface area contributed by atoms with Crippen LogP contribution in [-0.4, -0.2) is 26.1 Å². The minimum Gasteiger partial charge on any atom is -0.491 e. The molecule has 1 aromatic rings. The molecule has 0 radical (unpaired) electrons. The molecule has 0 bridgehead atoms. The zero-order valence-corrected chi connectivity index (χ0v) is 10.4. The van der Waals surface area contributed by atoms with Crippen LogP contribution in [0, 0.1) is 6.92 Å². The van der Waals surface area contributed by atoms with Crippen LogP contribution < -0.4 is 4.74 Å². The minimum absolute atomic E-state index is 0.0233. The van der Waals surface area contributed by atoms with Gasteiger partial charge in [-0.2, -0.15) is 0 Å². The Bertz CT molecular complexity index is 332. The molecule has 1 aliphatic rings. The van der Waals surface area contributed by atoms with Gasteiger partial charge in [-0.3, -0.25) is 0 Å². The molecule has 1 atom stereocenters. The molecule has 3 nitrogen and oxygen atoms in total. The highest BCUT2D eigenvalue weighted by molar-refractivity contribution is 5.27. The topological polar surface area (TPSA) is 27.7 Å². The molecule has 1 saturated heterocycles. The number of hydrogen-bond donors (Lipinski definition) is 0.